The predicted octanol–water partition coefficient (Wildman–Crippen LogP) is 5.24. The van der Waals surface area contributed by atoms with E-state index in [1.165, 1.54) is 44.5 Å². The van der Waals surface area contributed by atoms with Gasteiger partial charge in [0.05, 0.1) is 0 Å². The molecule has 1 fully saturated rings. The maximum absolute atomic E-state index is 4.50. The molecule has 1 aliphatic rings. The molecule has 0 amide bonds. The third kappa shape index (κ3) is 6.98. The fraction of sp³-hybridized carbons (Fsp3) is 0.941. The number of likely N-dealkylation sites (tertiary alicyclic amines) is 1. The number of aliphatic imine (C=N–C) groups is 1. The summed E-state index contributed by atoms with van der Waals surface area (Å²) in [5.74, 6) is 2.95. The first-order chi connectivity index (χ1) is 9.24. The molecular weight excluding hydrogens is 232 g/mol. The first kappa shape index (κ1) is 20.8. The van der Waals surface area contributed by atoms with Crippen LogP contribution in [-0.2, 0) is 0 Å². The number of rotatable bonds is 4. The van der Waals surface area contributed by atoms with Gasteiger partial charge in [-0.2, -0.15) is 0 Å². The standard InChI is InChI=1S/C13H26N2.2C2H6/c1-5-7-11-9-10-15(4)13(14-3)12(11)8-6-2;2*1-2/h11-12H,5-10H2,1-4H3;2*1-2H3. The van der Waals surface area contributed by atoms with Gasteiger partial charge in [0, 0.05) is 26.6 Å². The van der Waals surface area contributed by atoms with Crippen LogP contribution in [0, 0.1) is 11.8 Å². The zero-order valence-corrected chi connectivity index (χ0v) is 14.8. The molecule has 2 unspecified atom stereocenters. The number of hydrogen-bond acceptors (Lipinski definition) is 1. The Balaban J connectivity index is 0. The van der Waals surface area contributed by atoms with Crippen molar-refractivity contribution in [1.29, 1.82) is 0 Å². The van der Waals surface area contributed by atoms with Crippen LogP contribution in [0.5, 0.6) is 0 Å². The van der Waals surface area contributed by atoms with Crippen molar-refractivity contribution in [3.8, 4) is 0 Å². The lowest BCUT2D eigenvalue weighted by Gasteiger charge is -2.39. The highest BCUT2D eigenvalue weighted by atomic mass is 15.2. The van der Waals surface area contributed by atoms with Crippen molar-refractivity contribution in [2.75, 3.05) is 20.6 Å². The van der Waals surface area contributed by atoms with Gasteiger partial charge < -0.3 is 4.90 Å². The third-order valence-electron chi connectivity index (χ3n) is 3.62. The van der Waals surface area contributed by atoms with Crippen molar-refractivity contribution in [3.05, 3.63) is 0 Å². The molecule has 1 aliphatic heterocycles. The van der Waals surface area contributed by atoms with E-state index < -0.39 is 0 Å². The predicted molar refractivity (Wildman–Crippen MR) is 90.1 cm³/mol. The van der Waals surface area contributed by atoms with Crippen LogP contribution < -0.4 is 0 Å². The highest BCUT2D eigenvalue weighted by molar-refractivity contribution is 5.85. The average molecular weight is 271 g/mol. The molecule has 1 rings (SSSR count). The van der Waals surface area contributed by atoms with Crippen molar-refractivity contribution >= 4 is 5.84 Å². The molecule has 0 aromatic heterocycles. The van der Waals surface area contributed by atoms with Crippen LogP contribution in [0.2, 0.25) is 0 Å². The summed E-state index contributed by atoms with van der Waals surface area (Å²) >= 11 is 0. The molecule has 0 N–H and O–H groups in total. The van der Waals surface area contributed by atoms with Crippen LogP contribution in [0.4, 0.5) is 0 Å². The van der Waals surface area contributed by atoms with Gasteiger partial charge in [0.25, 0.3) is 0 Å². The van der Waals surface area contributed by atoms with Crippen LogP contribution in [0.25, 0.3) is 0 Å². The first-order valence-electron chi connectivity index (χ1n) is 8.42. The Morgan fingerprint density at radius 3 is 2.00 bits per heavy atom. The van der Waals surface area contributed by atoms with Gasteiger partial charge in [-0.15, -0.1) is 0 Å². The van der Waals surface area contributed by atoms with Gasteiger partial charge in [-0.05, 0) is 25.2 Å². The van der Waals surface area contributed by atoms with E-state index in [0.29, 0.717) is 0 Å². The summed E-state index contributed by atoms with van der Waals surface area (Å²) in [6.07, 6.45) is 6.62. The summed E-state index contributed by atoms with van der Waals surface area (Å²) in [7, 11) is 4.13. The monoisotopic (exact) mass is 270 g/mol. The quantitative estimate of drug-likeness (QED) is 0.682. The van der Waals surface area contributed by atoms with Crippen molar-refractivity contribution in [3.63, 3.8) is 0 Å². The topological polar surface area (TPSA) is 15.6 Å². The first-order valence-corrected chi connectivity index (χ1v) is 8.42. The number of nitrogens with zero attached hydrogens (tertiary/aromatic N) is 2. The van der Waals surface area contributed by atoms with E-state index in [-0.39, 0.29) is 0 Å². The van der Waals surface area contributed by atoms with Crippen LogP contribution in [-0.4, -0.2) is 31.4 Å². The highest BCUT2D eigenvalue weighted by Crippen LogP contribution is 2.31. The van der Waals surface area contributed by atoms with E-state index in [1.807, 2.05) is 34.7 Å². The summed E-state index contributed by atoms with van der Waals surface area (Å²) in [6.45, 7) is 13.8. The second kappa shape index (κ2) is 13.9. The van der Waals surface area contributed by atoms with Crippen LogP contribution in [0.3, 0.4) is 0 Å². The van der Waals surface area contributed by atoms with E-state index in [4.69, 9.17) is 0 Å². The molecule has 0 aliphatic carbocycles. The molecule has 0 spiro atoms. The summed E-state index contributed by atoms with van der Waals surface area (Å²) in [6, 6.07) is 0. The second-order valence-electron chi connectivity index (χ2n) is 4.74. The van der Waals surface area contributed by atoms with Crippen molar-refractivity contribution in [2.45, 2.75) is 73.6 Å². The fourth-order valence-corrected chi connectivity index (χ4v) is 2.90. The van der Waals surface area contributed by atoms with E-state index in [2.05, 4.69) is 30.8 Å². The molecule has 1 saturated heterocycles. The van der Waals surface area contributed by atoms with Crippen LogP contribution in [0.1, 0.15) is 73.6 Å². The largest absolute Gasteiger partial charge is 0.363 e. The lowest BCUT2D eigenvalue weighted by molar-refractivity contribution is 0.252. The van der Waals surface area contributed by atoms with Gasteiger partial charge in [0.2, 0.25) is 0 Å². The average Bonchev–Trinajstić information content (AvgIpc) is 2.47. The minimum absolute atomic E-state index is 0.721. The Labute approximate surface area is 122 Å². The maximum atomic E-state index is 4.50. The number of piperidine rings is 1. The van der Waals surface area contributed by atoms with E-state index in [9.17, 15) is 0 Å². The summed E-state index contributed by atoms with van der Waals surface area (Å²) in [5.41, 5.74) is 0. The summed E-state index contributed by atoms with van der Waals surface area (Å²) in [5, 5.41) is 0. The molecule has 1 heterocycles. The molecule has 19 heavy (non-hydrogen) atoms. The zero-order chi connectivity index (χ0) is 15.3. The van der Waals surface area contributed by atoms with Gasteiger partial charge in [0.15, 0.2) is 0 Å². The molecule has 2 nitrogen and oxygen atoms in total. The molecule has 116 valence electrons. The minimum atomic E-state index is 0.721. The smallest absolute Gasteiger partial charge is 0.102 e. The fourth-order valence-electron chi connectivity index (χ4n) is 2.90. The van der Waals surface area contributed by atoms with Crippen molar-refractivity contribution < 1.29 is 0 Å². The van der Waals surface area contributed by atoms with Gasteiger partial charge in [-0.25, -0.2) is 0 Å². The molecule has 0 bridgehead atoms. The van der Waals surface area contributed by atoms with Gasteiger partial charge in [-0.3, -0.25) is 4.99 Å². The Bertz CT molecular complexity index is 211. The van der Waals surface area contributed by atoms with Gasteiger partial charge in [-0.1, -0.05) is 54.4 Å². The Morgan fingerprint density at radius 1 is 1.05 bits per heavy atom. The molecule has 0 aromatic carbocycles. The van der Waals surface area contributed by atoms with Gasteiger partial charge >= 0.3 is 0 Å². The zero-order valence-electron chi connectivity index (χ0n) is 14.8. The molecule has 0 radical (unpaired) electrons. The van der Waals surface area contributed by atoms with Crippen LogP contribution >= 0.6 is 0 Å². The third-order valence-corrected chi connectivity index (χ3v) is 3.62. The molecule has 0 aromatic rings. The number of hydrogen-bond donors (Lipinski definition) is 0. The minimum Gasteiger partial charge on any atom is -0.363 e. The van der Waals surface area contributed by atoms with Crippen LogP contribution in [0.15, 0.2) is 4.99 Å². The lowest BCUT2D eigenvalue weighted by atomic mass is 9.79. The second-order valence-corrected chi connectivity index (χ2v) is 4.74. The summed E-state index contributed by atoms with van der Waals surface area (Å²) in [4.78, 5) is 6.86. The Kier molecular flexibility index (Phi) is 15.2. The molecular formula is C17H38N2. The van der Waals surface area contributed by atoms with Crippen molar-refractivity contribution in [2.24, 2.45) is 16.8 Å². The Hall–Kier alpha value is -0.530. The number of amidine groups is 1. The highest BCUT2D eigenvalue weighted by Gasteiger charge is 2.31. The van der Waals surface area contributed by atoms with E-state index >= 15 is 0 Å². The van der Waals surface area contributed by atoms with Crippen molar-refractivity contribution in [1.82, 2.24) is 4.90 Å². The molecule has 0 saturated carbocycles. The normalized spacial score (nSPS) is 24.2. The Morgan fingerprint density at radius 2 is 1.58 bits per heavy atom. The molecule has 2 heteroatoms. The lowest BCUT2D eigenvalue weighted by Crippen LogP contribution is -2.43. The van der Waals surface area contributed by atoms with E-state index in [1.54, 1.807) is 0 Å². The SMILES string of the molecule is CC.CC.CCCC1CCN(C)C(=NC)C1CCC. The summed E-state index contributed by atoms with van der Waals surface area (Å²) < 4.78 is 0. The van der Waals surface area contributed by atoms with E-state index in [0.717, 1.165) is 11.8 Å². The maximum Gasteiger partial charge on any atom is 0.102 e. The molecule has 2 atom stereocenters. The van der Waals surface area contributed by atoms with Gasteiger partial charge in [0.1, 0.15) is 5.84 Å².